The van der Waals surface area contributed by atoms with E-state index in [0.29, 0.717) is 45.5 Å². The van der Waals surface area contributed by atoms with Crippen LogP contribution in [0.1, 0.15) is 35.3 Å². The highest BCUT2D eigenvalue weighted by molar-refractivity contribution is 6.38. The Labute approximate surface area is 226 Å². The van der Waals surface area contributed by atoms with Crippen molar-refractivity contribution in [3.63, 3.8) is 0 Å². The Hall–Kier alpha value is -4.09. The number of pyridine rings is 2. The summed E-state index contributed by atoms with van der Waals surface area (Å²) < 4.78 is 46.7. The monoisotopic (exact) mass is 554 g/mol. The number of halogens is 4. The lowest BCUT2D eigenvalue weighted by Gasteiger charge is -2.30. The molecule has 0 aliphatic rings. The third-order valence-electron chi connectivity index (χ3n) is 6.47. The van der Waals surface area contributed by atoms with Crippen LogP contribution in [-0.4, -0.2) is 41.7 Å². The summed E-state index contributed by atoms with van der Waals surface area (Å²) in [6, 6.07) is 6.93. The molecule has 0 saturated carbocycles. The van der Waals surface area contributed by atoms with E-state index in [9.17, 15) is 18.3 Å². The molecule has 1 N–H and O–H groups in total. The molecule has 8 nitrogen and oxygen atoms in total. The van der Waals surface area contributed by atoms with Crippen LogP contribution in [0.3, 0.4) is 0 Å². The van der Waals surface area contributed by atoms with Gasteiger partial charge in [0.05, 0.1) is 41.4 Å². The van der Waals surface area contributed by atoms with Gasteiger partial charge >= 0.3 is 6.18 Å². The fourth-order valence-corrected chi connectivity index (χ4v) is 4.78. The van der Waals surface area contributed by atoms with Gasteiger partial charge in [0.15, 0.2) is 5.60 Å². The highest BCUT2D eigenvalue weighted by atomic mass is 35.5. The summed E-state index contributed by atoms with van der Waals surface area (Å²) in [4.78, 5) is 20.9. The van der Waals surface area contributed by atoms with Crippen LogP contribution in [-0.2, 0) is 25.2 Å². The smallest absolute Gasteiger partial charge is 0.433 e. The molecule has 0 amide bonds. The first-order valence-electron chi connectivity index (χ1n) is 11.8. The number of alkyl halides is 3. The Bertz CT molecular complexity index is 1660. The number of aryl methyl sites for hydroxylation is 2. The number of aliphatic hydroxyl groups is 1. The lowest BCUT2D eigenvalue weighted by molar-refractivity contribution is -0.141. The fourth-order valence-electron chi connectivity index (χ4n) is 4.44. The maximum atomic E-state index is 13.2. The predicted octanol–water partition coefficient (Wildman–Crippen LogP) is 5.35. The van der Waals surface area contributed by atoms with Crippen molar-refractivity contribution in [2.45, 2.75) is 25.1 Å². The average Bonchev–Trinajstić information content (AvgIpc) is 3.38. The van der Waals surface area contributed by atoms with Crippen molar-refractivity contribution in [2.75, 3.05) is 7.11 Å². The summed E-state index contributed by atoms with van der Waals surface area (Å²) >= 11 is 6.92. The minimum atomic E-state index is -4.63. The zero-order valence-corrected chi connectivity index (χ0v) is 21.8. The van der Waals surface area contributed by atoms with Crippen LogP contribution in [0.25, 0.3) is 22.0 Å². The first kappa shape index (κ1) is 26.5. The molecule has 12 heteroatoms. The zero-order chi connectivity index (χ0) is 27.9. The molecule has 0 aliphatic carbocycles. The average molecular weight is 555 g/mol. The molecule has 5 aromatic rings. The first-order valence-corrected chi connectivity index (χ1v) is 12.2. The summed E-state index contributed by atoms with van der Waals surface area (Å²) in [5.41, 5.74) is -0.728. The number of ether oxygens (including phenoxy) is 1. The molecule has 1 unspecified atom stereocenters. The molecule has 0 bridgehead atoms. The lowest BCUT2D eigenvalue weighted by atomic mass is 9.83. The highest BCUT2D eigenvalue weighted by Gasteiger charge is 2.39. The van der Waals surface area contributed by atoms with Crippen molar-refractivity contribution in [1.82, 2.24) is 29.5 Å². The van der Waals surface area contributed by atoms with E-state index in [1.54, 1.807) is 42.2 Å². The van der Waals surface area contributed by atoms with Crippen LogP contribution in [0.4, 0.5) is 13.2 Å². The van der Waals surface area contributed by atoms with Gasteiger partial charge < -0.3 is 14.4 Å². The summed E-state index contributed by atoms with van der Waals surface area (Å²) in [5, 5.41) is 13.0. The Balaban J connectivity index is 1.73. The number of benzene rings is 1. The van der Waals surface area contributed by atoms with Crippen LogP contribution < -0.4 is 4.74 Å². The van der Waals surface area contributed by atoms with E-state index >= 15 is 0 Å². The van der Waals surface area contributed by atoms with Gasteiger partial charge in [-0.05, 0) is 23.8 Å². The Morgan fingerprint density at radius 3 is 2.28 bits per heavy atom. The third kappa shape index (κ3) is 4.57. The second kappa shape index (κ2) is 9.90. The minimum Gasteiger partial charge on any atom is -0.480 e. The Morgan fingerprint density at radius 2 is 1.72 bits per heavy atom. The number of hydrogen-bond donors (Lipinski definition) is 1. The molecule has 4 aromatic heterocycles. The number of rotatable bonds is 6. The van der Waals surface area contributed by atoms with Gasteiger partial charge in [-0.2, -0.15) is 13.2 Å². The van der Waals surface area contributed by atoms with Crippen molar-refractivity contribution >= 4 is 22.5 Å². The molecule has 0 aliphatic heterocycles. The summed E-state index contributed by atoms with van der Waals surface area (Å²) in [6.07, 6.45) is 3.23. The highest BCUT2D eigenvalue weighted by Crippen LogP contribution is 2.43. The lowest BCUT2D eigenvalue weighted by Crippen LogP contribution is -2.31. The minimum absolute atomic E-state index is 0.111. The van der Waals surface area contributed by atoms with Crippen molar-refractivity contribution in [2.24, 2.45) is 7.05 Å². The van der Waals surface area contributed by atoms with E-state index < -0.39 is 17.5 Å². The summed E-state index contributed by atoms with van der Waals surface area (Å²) in [6.45, 7) is 1.94. The molecule has 5 rings (SSSR count). The van der Waals surface area contributed by atoms with E-state index in [4.69, 9.17) is 16.3 Å². The maximum Gasteiger partial charge on any atom is 0.433 e. The molecule has 0 fully saturated rings. The number of imidazole rings is 1. The van der Waals surface area contributed by atoms with Crippen molar-refractivity contribution < 1.29 is 23.0 Å². The number of methoxy groups -OCH3 is 1. The second-order valence-electron chi connectivity index (χ2n) is 8.81. The standard InChI is InChI=1S/C27H22ClF3N6O2/c1-4-22-34-10-15(11-35-22)23-24(28)18-9-16(5-7-19(18)36-25(23)39-3)26(38,21-13-32-14-37(21)2)17-6-8-20(33-12-17)27(29,30)31/h5-14,38H,4H2,1-3H3. The van der Waals surface area contributed by atoms with Crippen molar-refractivity contribution in [3.8, 4) is 17.0 Å². The van der Waals surface area contributed by atoms with E-state index in [-0.39, 0.29) is 16.5 Å². The van der Waals surface area contributed by atoms with Crippen LogP contribution in [0, 0.1) is 0 Å². The van der Waals surface area contributed by atoms with Gasteiger partial charge in [-0.3, -0.25) is 4.98 Å². The largest absolute Gasteiger partial charge is 0.480 e. The van der Waals surface area contributed by atoms with Gasteiger partial charge in [0, 0.05) is 48.6 Å². The second-order valence-corrected chi connectivity index (χ2v) is 9.19. The zero-order valence-electron chi connectivity index (χ0n) is 21.0. The molecule has 0 radical (unpaired) electrons. The first-order chi connectivity index (χ1) is 18.6. The molecule has 4 heterocycles. The van der Waals surface area contributed by atoms with Gasteiger partial charge in [0.1, 0.15) is 11.5 Å². The topological polar surface area (TPSA) is 98.8 Å². The van der Waals surface area contributed by atoms with E-state index in [0.717, 1.165) is 12.3 Å². The maximum absolute atomic E-state index is 13.2. The quantitative estimate of drug-likeness (QED) is 0.302. The van der Waals surface area contributed by atoms with Crippen molar-refractivity contribution in [1.29, 1.82) is 0 Å². The molecular weight excluding hydrogens is 533 g/mol. The fraction of sp³-hybridized carbons (Fsp3) is 0.222. The van der Waals surface area contributed by atoms with Crippen LogP contribution in [0.5, 0.6) is 5.88 Å². The summed E-state index contributed by atoms with van der Waals surface area (Å²) in [7, 11) is 3.14. The number of nitrogens with zero attached hydrogens (tertiary/aromatic N) is 6. The van der Waals surface area contributed by atoms with Gasteiger partial charge in [0.2, 0.25) is 5.88 Å². The van der Waals surface area contributed by atoms with Gasteiger partial charge in [-0.25, -0.2) is 19.9 Å². The summed E-state index contributed by atoms with van der Waals surface area (Å²) in [5.74, 6) is 0.929. The molecule has 0 saturated heterocycles. The van der Waals surface area contributed by atoms with Gasteiger partial charge in [-0.15, -0.1) is 0 Å². The molecular formula is C27H22ClF3N6O2. The van der Waals surface area contributed by atoms with E-state index in [2.05, 4.69) is 24.9 Å². The predicted molar refractivity (Wildman–Crippen MR) is 138 cm³/mol. The van der Waals surface area contributed by atoms with Crippen LogP contribution in [0.15, 0.2) is 61.4 Å². The van der Waals surface area contributed by atoms with E-state index in [1.807, 2.05) is 6.92 Å². The molecule has 0 spiro atoms. The SMILES string of the molecule is CCc1ncc(-c2c(OC)nc3ccc(C(O)(c4ccc(C(F)(F)F)nc4)c4cncn4C)cc3c2Cl)cn1. The Morgan fingerprint density at radius 1 is 1.00 bits per heavy atom. The van der Waals surface area contributed by atoms with Crippen LogP contribution in [0.2, 0.25) is 5.02 Å². The van der Waals surface area contributed by atoms with Gasteiger partial charge in [-0.1, -0.05) is 30.7 Å². The number of aromatic nitrogens is 6. The van der Waals surface area contributed by atoms with Crippen molar-refractivity contribution in [3.05, 3.63) is 94.8 Å². The normalized spacial score (nSPS) is 13.4. The molecule has 1 atom stereocenters. The molecule has 1 aromatic carbocycles. The molecule has 39 heavy (non-hydrogen) atoms. The van der Waals surface area contributed by atoms with E-state index in [1.165, 1.54) is 25.7 Å². The number of hydrogen-bond acceptors (Lipinski definition) is 7. The molecule has 200 valence electrons. The Kier molecular flexibility index (Phi) is 6.73. The van der Waals surface area contributed by atoms with Crippen LogP contribution >= 0.6 is 11.6 Å². The number of fused-ring (bicyclic) bond motifs is 1. The van der Waals surface area contributed by atoms with Gasteiger partial charge in [0.25, 0.3) is 0 Å². The third-order valence-corrected chi connectivity index (χ3v) is 6.86.